The first-order valence-corrected chi connectivity index (χ1v) is 7.30. The van der Waals surface area contributed by atoms with E-state index in [2.05, 4.69) is 10.6 Å². The van der Waals surface area contributed by atoms with Gasteiger partial charge in [-0.3, -0.25) is 14.9 Å². The van der Waals surface area contributed by atoms with Gasteiger partial charge in [0.05, 0.1) is 10.5 Å². The number of hydrogen-bond acceptors (Lipinski definition) is 4. The van der Waals surface area contributed by atoms with Crippen molar-refractivity contribution in [2.24, 2.45) is 0 Å². The Hall–Kier alpha value is -2.11. The van der Waals surface area contributed by atoms with Crippen LogP contribution in [0.3, 0.4) is 0 Å². The predicted octanol–water partition coefficient (Wildman–Crippen LogP) is 3.09. The van der Waals surface area contributed by atoms with Crippen molar-refractivity contribution in [3.63, 3.8) is 0 Å². The summed E-state index contributed by atoms with van der Waals surface area (Å²) in [5.74, 6) is -0.251. The van der Waals surface area contributed by atoms with Gasteiger partial charge in [-0.1, -0.05) is 12.8 Å². The van der Waals surface area contributed by atoms with Crippen molar-refractivity contribution in [1.29, 1.82) is 0 Å². The molecule has 1 amide bonds. The maximum absolute atomic E-state index is 12.5. The van der Waals surface area contributed by atoms with Crippen LogP contribution < -0.4 is 10.6 Å². The molecule has 2 rings (SSSR count). The number of carbonyl (C=O) groups excluding carboxylic acids is 1. The third-order valence-electron chi connectivity index (χ3n) is 3.95. The second-order valence-corrected chi connectivity index (χ2v) is 5.74. The van der Waals surface area contributed by atoms with E-state index >= 15 is 0 Å². The van der Waals surface area contributed by atoms with Gasteiger partial charge in [-0.25, -0.2) is 0 Å². The van der Waals surface area contributed by atoms with Crippen LogP contribution in [0, 0.1) is 10.1 Å². The summed E-state index contributed by atoms with van der Waals surface area (Å²) >= 11 is 0. The average molecular weight is 291 g/mol. The lowest BCUT2D eigenvalue weighted by molar-refractivity contribution is -0.384. The summed E-state index contributed by atoms with van der Waals surface area (Å²) in [5.41, 5.74) is 0.685. The Bertz CT molecular complexity index is 551. The number of nitrogens with zero attached hydrogens (tertiary/aromatic N) is 1. The number of nitrogens with one attached hydrogen (secondary N) is 2. The number of anilines is 1. The zero-order chi connectivity index (χ0) is 15.5. The van der Waals surface area contributed by atoms with E-state index in [4.69, 9.17) is 0 Å². The van der Waals surface area contributed by atoms with Crippen molar-refractivity contribution in [2.45, 2.75) is 45.1 Å². The van der Waals surface area contributed by atoms with Crippen LogP contribution in [-0.2, 0) is 0 Å². The normalized spacial score (nSPS) is 16.5. The fraction of sp³-hybridized carbons (Fsp3) is 0.533. The molecule has 1 aromatic rings. The Morgan fingerprint density at radius 3 is 2.62 bits per heavy atom. The fourth-order valence-corrected chi connectivity index (χ4v) is 2.80. The molecule has 0 aliphatic heterocycles. The Balaban J connectivity index is 2.28. The number of nitro benzene ring substituents is 1. The Kier molecular flexibility index (Phi) is 4.45. The third kappa shape index (κ3) is 3.51. The molecular weight excluding hydrogens is 270 g/mol. The van der Waals surface area contributed by atoms with Crippen LogP contribution in [0.4, 0.5) is 11.4 Å². The van der Waals surface area contributed by atoms with Crippen molar-refractivity contribution in [3.8, 4) is 0 Å². The lowest BCUT2D eigenvalue weighted by atomic mass is 9.99. The lowest BCUT2D eigenvalue weighted by Gasteiger charge is -2.25. The van der Waals surface area contributed by atoms with Crippen LogP contribution in [0.2, 0.25) is 0 Å². The fourth-order valence-electron chi connectivity index (χ4n) is 2.80. The van der Waals surface area contributed by atoms with Gasteiger partial charge in [0.2, 0.25) is 0 Å². The van der Waals surface area contributed by atoms with Crippen LogP contribution in [0.25, 0.3) is 0 Å². The quantitative estimate of drug-likeness (QED) is 0.645. The van der Waals surface area contributed by atoms with E-state index in [-0.39, 0.29) is 17.1 Å². The molecule has 1 aliphatic carbocycles. The van der Waals surface area contributed by atoms with Gasteiger partial charge < -0.3 is 10.6 Å². The molecule has 114 valence electrons. The first kappa shape index (κ1) is 15.3. The number of rotatable bonds is 5. The number of non-ortho nitro benzene ring substituents is 1. The van der Waals surface area contributed by atoms with Crippen LogP contribution in [-0.4, -0.2) is 22.9 Å². The topological polar surface area (TPSA) is 84.3 Å². The molecule has 0 aromatic heterocycles. The van der Waals surface area contributed by atoms with Crippen molar-refractivity contribution in [3.05, 3.63) is 33.9 Å². The largest absolute Gasteiger partial charge is 0.385 e. The zero-order valence-electron chi connectivity index (χ0n) is 12.4. The van der Waals surface area contributed by atoms with Crippen LogP contribution in [0.15, 0.2) is 18.2 Å². The summed E-state index contributed by atoms with van der Waals surface area (Å²) < 4.78 is 0. The standard InChI is InChI=1S/C15H21N3O3/c1-3-16-13-7-6-11(18(20)21)10-12(13)14(19)17-15(2)8-4-5-9-15/h6-7,10,16H,3-5,8-9H2,1-2H3,(H,17,19). The van der Waals surface area contributed by atoms with E-state index in [0.29, 0.717) is 17.8 Å². The molecule has 1 fully saturated rings. The molecule has 0 spiro atoms. The highest BCUT2D eigenvalue weighted by molar-refractivity contribution is 6.00. The zero-order valence-corrected chi connectivity index (χ0v) is 12.4. The van der Waals surface area contributed by atoms with E-state index in [9.17, 15) is 14.9 Å². The average Bonchev–Trinajstić information content (AvgIpc) is 2.85. The van der Waals surface area contributed by atoms with Gasteiger partial charge in [-0.05, 0) is 32.8 Å². The molecule has 0 atom stereocenters. The molecule has 1 aromatic carbocycles. The van der Waals surface area contributed by atoms with E-state index < -0.39 is 4.92 Å². The molecule has 0 heterocycles. The van der Waals surface area contributed by atoms with Gasteiger partial charge in [0.15, 0.2) is 0 Å². The van der Waals surface area contributed by atoms with Crippen molar-refractivity contribution >= 4 is 17.3 Å². The lowest BCUT2D eigenvalue weighted by Crippen LogP contribution is -2.43. The highest BCUT2D eigenvalue weighted by Crippen LogP contribution is 2.30. The number of benzene rings is 1. The minimum absolute atomic E-state index is 0.0709. The van der Waals surface area contributed by atoms with Gasteiger partial charge in [0.1, 0.15) is 0 Å². The summed E-state index contributed by atoms with van der Waals surface area (Å²) in [5, 5.41) is 17.0. The van der Waals surface area contributed by atoms with Crippen LogP contribution >= 0.6 is 0 Å². The second kappa shape index (κ2) is 6.11. The summed E-state index contributed by atoms with van der Waals surface area (Å²) in [6.07, 6.45) is 4.10. The smallest absolute Gasteiger partial charge is 0.270 e. The van der Waals surface area contributed by atoms with Crippen molar-refractivity contribution in [1.82, 2.24) is 5.32 Å². The number of hydrogen-bond donors (Lipinski definition) is 2. The number of nitro groups is 1. The molecule has 1 aliphatic rings. The minimum Gasteiger partial charge on any atom is -0.385 e. The maximum atomic E-state index is 12.5. The number of amides is 1. The van der Waals surface area contributed by atoms with E-state index in [1.165, 1.54) is 12.1 Å². The monoisotopic (exact) mass is 291 g/mol. The van der Waals surface area contributed by atoms with Crippen LogP contribution in [0.5, 0.6) is 0 Å². The molecule has 0 bridgehead atoms. The molecule has 0 radical (unpaired) electrons. The molecule has 6 heteroatoms. The SMILES string of the molecule is CCNc1ccc([N+](=O)[O-])cc1C(=O)NC1(C)CCCC1. The Morgan fingerprint density at radius 2 is 2.05 bits per heavy atom. The predicted molar refractivity (Wildman–Crippen MR) is 81.6 cm³/mol. The molecule has 0 saturated heterocycles. The molecule has 6 nitrogen and oxygen atoms in total. The van der Waals surface area contributed by atoms with E-state index in [0.717, 1.165) is 25.7 Å². The van der Waals surface area contributed by atoms with Crippen LogP contribution in [0.1, 0.15) is 49.9 Å². The third-order valence-corrected chi connectivity index (χ3v) is 3.95. The molecular formula is C15H21N3O3. The summed E-state index contributed by atoms with van der Waals surface area (Å²) in [4.78, 5) is 22.9. The van der Waals surface area contributed by atoms with Crippen molar-refractivity contribution in [2.75, 3.05) is 11.9 Å². The molecule has 1 saturated carbocycles. The minimum atomic E-state index is -0.482. The summed E-state index contributed by atoms with van der Waals surface area (Å²) in [6.45, 7) is 4.60. The van der Waals surface area contributed by atoms with Gasteiger partial charge in [-0.2, -0.15) is 0 Å². The summed E-state index contributed by atoms with van der Waals surface area (Å²) in [6, 6.07) is 4.34. The molecule has 0 unspecified atom stereocenters. The summed E-state index contributed by atoms with van der Waals surface area (Å²) in [7, 11) is 0. The Morgan fingerprint density at radius 1 is 1.38 bits per heavy atom. The van der Waals surface area contributed by atoms with Gasteiger partial charge in [-0.15, -0.1) is 0 Å². The maximum Gasteiger partial charge on any atom is 0.270 e. The highest BCUT2D eigenvalue weighted by Gasteiger charge is 2.31. The molecule has 2 N–H and O–H groups in total. The highest BCUT2D eigenvalue weighted by atomic mass is 16.6. The Labute approximate surface area is 124 Å². The van der Waals surface area contributed by atoms with Gasteiger partial charge >= 0.3 is 0 Å². The van der Waals surface area contributed by atoms with E-state index in [1.54, 1.807) is 6.07 Å². The van der Waals surface area contributed by atoms with Gasteiger partial charge in [0, 0.05) is 29.9 Å². The van der Waals surface area contributed by atoms with E-state index in [1.807, 2.05) is 13.8 Å². The number of carbonyl (C=O) groups is 1. The van der Waals surface area contributed by atoms with Crippen molar-refractivity contribution < 1.29 is 9.72 Å². The molecule has 21 heavy (non-hydrogen) atoms. The first-order chi connectivity index (χ1) is 9.95. The second-order valence-electron chi connectivity index (χ2n) is 5.74. The first-order valence-electron chi connectivity index (χ1n) is 7.30. The van der Waals surface area contributed by atoms with Gasteiger partial charge in [0.25, 0.3) is 11.6 Å².